The Bertz CT molecular complexity index is 634. The molecule has 0 unspecified atom stereocenters. The van der Waals surface area contributed by atoms with Gasteiger partial charge in [0.15, 0.2) is 5.82 Å². The molecular weight excluding hydrogens is 245 g/mol. The van der Waals surface area contributed by atoms with Crippen LogP contribution < -0.4 is 0 Å². The largest absolute Gasteiger partial charge is 0.345 e. The Hall–Kier alpha value is -2.24. The minimum atomic E-state index is -0.304. The van der Waals surface area contributed by atoms with Crippen LogP contribution in [0.2, 0.25) is 0 Å². The third-order valence-electron chi connectivity index (χ3n) is 3.37. The van der Waals surface area contributed by atoms with E-state index in [1.54, 1.807) is 12.4 Å². The highest BCUT2D eigenvalue weighted by Gasteiger charge is 2.25. The lowest BCUT2D eigenvalue weighted by Crippen LogP contribution is -2.25. The number of hydrogen-bond donors (Lipinski definition) is 1. The topological polar surface area (TPSA) is 57.8 Å². The maximum absolute atomic E-state index is 13.2. The van der Waals surface area contributed by atoms with Crippen LogP contribution in [0.4, 0.5) is 4.39 Å². The van der Waals surface area contributed by atoms with E-state index in [0.29, 0.717) is 24.5 Å². The van der Waals surface area contributed by atoms with E-state index in [4.69, 9.17) is 5.41 Å². The van der Waals surface area contributed by atoms with Gasteiger partial charge in [-0.2, -0.15) is 0 Å². The fourth-order valence-electron chi connectivity index (χ4n) is 2.33. The van der Waals surface area contributed by atoms with Gasteiger partial charge in [0.25, 0.3) is 0 Å². The Morgan fingerprint density at radius 2 is 2.26 bits per heavy atom. The number of halogens is 1. The summed E-state index contributed by atoms with van der Waals surface area (Å²) in [6.07, 6.45) is 1.68. The van der Waals surface area contributed by atoms with Crippen molar-refractivity contribution in [2.24, 2.45) is 0 Å². The smallest absolute Gasteiger partial charge is 0.152 e. The Morgan fingerprint density at radius 3 is 3.05 bits per heavy atom. The van der Waals surface area contributed by atoms with Gasteiger partial charge in [0.1, 0.15) is 18.0 Å². The zero-order valence-corrected chi connectivity index (χ0v) is 10.6. The van der Waals surface area contributed by atoms with Gasteiger partial charge < -0.3 is 9.47 Å². The molecule has 1 aliphatic rings. The molecule has 19 heavy (non-hydrogen) atoms. The molecule has 0 saturated heterocycles. The van der Waals surface area contributed by atoms with Crippen LogP contribution in [0.3, 0.4) is 0 Å². The van der Waals surface area contributed by atoms with Crippen LogP contribution in [0.5, 0.6) is 0 Å². The highest BCUT2D eigenvalue weighted by Crippen LogP contribution is 2.24. The molecule has 1 aliphatic heterocycles. The third-order valence-corrected chi connectivity index (χ3v) is 3.37. The predicted octanol–water partition coefficient (Wildman–Crippen LogP) is 1.78. The molecule has 5 nitrogen and oxygen atoms in total. The summed E-state index contributed by atoms with van der Waals surface area (Å²) in [6.45, 7) is 3.95. The molecule has 6 heteroatoms. The van der Waals surface area contributed by atoms with Crippen molar-refractivity contribution in [3.63, 3.8) is 0 Å². The Labute approximate surface area is 110 Å². The average molecular weight is 259 g/mol. The van der Waals surface area contributed by atoms with Gasteiger partial charge in [-0.3, -0.25) is 5.41 Å². The van der Waals surface area contributed by atoms with Crippen molar-refractivity contribution < 1.29 is 4.39 Å². The molecule has 1 N–H and O–H groups in total. The molecule has 3 rings (SSSR count). The highest BCUT2D eigenvalue weighted by molar-refractivity contribution is 6.00. The minimum absolute atomic E-state index is 0.304. The van der Waals surface area contributed by atoms with Crippen molar-refractivity contribution >= 4 is 5.84 Å². The number of amidine groups is 1. The molecule has 2 aromatic rings. The summed E-state index contributed by atoms with van der Waals surface area (Å²) >= 11 is 0. The van der Waals surface area contributed by atoms with Gasteiger partial charge in [-0.15, -0.1) is 10.2 Å². The molecule has 0 spiro atoms. The SMILES string of the molecule is CCn1cnnc1CN1Cc2ccc(F)cc2C1=N. The molecule has 0 aliphatic carbocycles. The number of nitrogens with zero attached hydrogens (tertiary/aromatic N) is 4. The van der Waals surface area contributed by atoms with E-state index in [0.717, 1.165) is 17.9 Å². The van der Waals surface area contributed by atoms with Crippen LogP contribution in [-0.2, 0) is 19.6 Å². The number of aromatic nitrogens is 3. The first-order valence-electron chi connectivity index (χ1n) is 6.18. The van der Waals surface area contributed by atoms with Gasteiger partial charge in [0, 0.05) is 18.7 Å². The fourth-order valence-corrected chi connectivity index (χ4v) is 2.33. The lowest BCUT2D eigenvalue weighted by molar-refractivity contribution is 0.400. The molecule has 2 heterocycles. The van der Waals surface area contributed by atoms with Gasteiger partial charge in [-0.1, -0.05) is 6.07 Å². The summed E-state index contributed by atoms with van der Waals surface area (Å²) in [5, 5.41) is 16.1. The Morgan fingerprint density at radius 1 is 1.42 bits per heavy atom. The first-order chi connectivity index (χ1) is 9.19. The monoisotopic (exact) mass is 259 g/mol. The van der Waals surface area contributed by atoms with Crippen LogP contribution in [-0.4, -0.2) is 25.5 Å². The molecule has 1 aromatic carbocycles. The van der Waals surface area contributed by atoms with Gasteiger partial charge in [0.05, 0.1) is 6.54 Å². The van der Waals surface area contributed by atoms with E-state index in [-0.39, 0.29) is 5.82 Å². The standard InChI is InChI=1S/C13H14FN5/c1-2-18-8-16-17-12(18)7-19-6-9-3-4-10(14)5-11(9)13(19)15/h3-5,8,15H,2,6-7H2,1H3. The number of aryl methyl sites for hydroxylation is 1. The summed E-state index contributed by atoms with van der Waals surface area (Å²) in [4.78, 5) is 1.88. The summed E-state index contributed by atoms with van der Waals surface area (Å²) < 4.78 is 15.2. The van der Waals surface area contributed by atoms with E-state index < -0.39 is 0 Å². The van der Waals surface area contributed by atoms with Crippen LogP contribution in [0.1, 0.15) is 23.9 Å². The summed E-state index contributed by atoms with van der Waals surface area (Å²) in [5.41, 5.74) is 1.65. The maximum atomic E-state index is 13.2. The first-order valence-corrected chi connectivity index (χ1v) is 6.18. The van der Waals surface area contributed by atoms with E-state index in [2.05, 4.69) is 10.2 Å². The van der Waals surface area contributed by atoms with Gasteiger partial charge in [0.2, 0.25) is 0 Å². The van der Waals surface area contributed by atoms with Gasteiger partial charge in [-0.05, 0) is 24.6 Å². The highest BCUT2D eigenvalue weighted by atomic mass is 19.1. The Kier molecular flexibility index (Phi) is 2.77. The van der Waals surface area contributed by atoms with E-state index >= 15 is 0 Å². The second-order valence-electron chi connectivity index (χ2n) is 4.54. The van der Waals surface area contributed by atoms with Crippen molar-refractivity contribution in [1.82, 2.24) is 19.7 Å². The molecule has 0 radical (unpaired) electrons. The molecule has 0 fully saturated rings. The molecular formula is C13H14FN5. The zero-order valence-electron chi connectivity index (χ0n) is 10.6. The van der Waals surface area contributed by atoms with Crippen molar-refractivity contribution in [2.45, 2.75) is 26.6 Å². The maximum Gasteiger partial charge on any atom is 0.152 e. The third kappa shape index (κ3) is 1.99. The van der Waals surface area contributed by atoms with Crippen LogP contribution in [0.15, 0.2) is 24.5 Å². The number of fused-ring (bicyclic) bond motifs is 1. The zero-order chi connectivity index (χ0) is 13.4. The number of rotatable bonds is 3. The lowest BCUT2D eigenvalue weighted by Gasteiger charge is -2.17. The molecule has 98 valence electrons. The fraction of sp³-hybridized carbons (Fsp3) is 0.308. The van der Waals surface area contributed by atoms with E-state index in [1.807, 2.05) is 16.4 Å². The van der Waals surface area contributed by atoms with E-state index in [9.17, 15) is 4.39 Å². The molecule has 1 aromatic heterocycles. The molecule has 0 saturated carbocycles. The molecule has 0 atom stereocenters. The van der Waals surface area contributed by atoms with Crippen molar-refractivity contribution in [2.75, 3.05) is 0 Å². The van der Waals surface area contributed by atoms with Gasteiger partial charge in [-0.25, -0.2) is 4.39 Å². The number of nitrogens with one attached hydrogen (secondary N) is 1. The van der Waals surface area contributed by atoms with Crippen LogP contribution >= 0.6 is 0 Å². The Balaban J connectivity index is 1.84. The first kappa shape index (κ1) is 11.8. The number of hydrogen-bond acceptors (Lipinski definition) is 3. The second kappa shape index (κ2) is 4.46. The van der Waals surface area contributed by atoms with Crippen LogP contribution in [0, 0.1) is 11.2 Å². The molecule has 0 bridgehead atoms. The van der Waals surface area contributed by atoms with E-state index in [1.165, 1.54) is 12.1 Å². The minimum Gasteiger partial charge on any atom is -0.345 e. The van der Waals surface area contributed by atoms with Crippen molar-refractivity contribution in [3.05, 3.63) is 47.3 Å². The van der Waals surface area contributed by atoms with Gasteiger partial charge >= 0.3 is 0 Å². The van der Waals surface area contributed by atoms with Crippen molar-refractivity contribution in [3.8, 4) is 0 Å². The number of benzene rings is 1. The summed E-state index contributed by atoms with van der Waals surface area (Å²) in [7, 11) is 0. The summed E-state index contributed by atoms with van der Waals surface area (Å²) in [5.74, 6) is 0.864. The second-order valence-corrected chi connectivity index (χ2v) is 4.54. The van der Waals surface area contributed by atoms with Crippen LogP contribution in [0.25, 0.3) is 0 Å². The summed E-state index contributed by atoms with van der Waals surface area (Å²) in [6, 6.07) is 4.59. The predicted molar refractivity (Wildman–Crippen MR) is 68.2 cm³/mol. The molecule has 0 amide bonds. The normalized spacial score (nSPS) is 14.0. The lowest BCUT2D eigenvalue weighted by atomic mass is 10.1. The average Bonchev–Trinajstić information content (AvgIpc) is 2.97. The van der Waals surface area contributed by atoms with Crippen molar-refractivity contribution in [1.29, 1.82) is 5.41 Å². The quantitative estimate of drug-likeness (QED) is 0.914.